The molecule has 0 radical (unpaired) electrons. The van der Waals surface area contributed by atoms with Crippen LogP contribution in [0.3, 0.4) is 0 Å². The van der Waals surface area contributed by atoms with E-state index >= 15 is 0 Å². The van der Waals surface area contributed by atoms with Crippen molar-refractivity contribution in [3.8, 4) is 5.88 Å². The first-order valence-electron chi connectivity index (χ1n) is 5.45. The largest absolute Gasteiger partial charge is 0.480 e. The fourth-order valence-corrected chi connectivity index (χ4v) is 1.71. The normalized spacial score (nSPS) is 12.1. The Labute approximate surface area is 100 Å². The predicted octanol–water partition coefficient (Wildman–Crippen LogP) is 1.73. The first-order valence-corrected chi connectivity index (χ1v) is 5.45. The number of benzene rings is 1. The Morgan fingerprint density at radius 3 is 2.59 bits per heavy atom. The lowest BCUT2D eigenvalue weighted by atomic mass is 10.0. The Balaban J connectivity index is 2.17. The van der Waals surface area contributed by atoms with Gasteiger partial charge in [0.05, 0.1) is 13.2 Å². The van der Waals surface area contributed by atoms with Gasteiger partial charge in [0.15, 0.2) is 0 Å². The van der Waals surface area contributed by atoms with Crippen molar-refractivity contribution in [2.75, 3.05) is 7.11 Å². The smallest absolute Gasteiger partial charge is 0.236 e. The maximum Gasteiger partial charge on any atom is 0.236 e. The minimum Gasteiger partial charge on any atom is -0.480 e. The van der Waals surface area contributed by atoms with E-state index in [0.29, 0.717) is 11.6 Å². The molecular weight excluding hydrogens is 214 g/mol. The molecule has 2 N–H and O–H groups in total. The highest BCUT2D eigenvalue weighted by molar-refractivity contribution is 5.24. The van der Waals surface area contributed by atoms with Gasteiger partial charge in [-0.3, -0.25) is 4.98 Å². The molecule has 0 aliphatic heterocycles. The summed E-state index contributed by atoms with van der Waals surface area (Å²) in [6, 6.07) is 9.86. The molecule has 1 aromatic heterocycles. The summed E-state index contributed by atoms with van der Waals surface area (Å²) in [6.45, 7) is 0. The number of rotatable bonds is 4. The van der Waals surface area contributed by atoms with Crippen LogP contribution in [0, 0.1) is 0 Å². The van der Waals surface area contributed by atoms with Crippen molar-refractivity contribution < 1.29 is 4.74 Å². The van der Waals surface area contributed by atoms with Gasteiger partial charge in [-0.25, -0.2) is 4.98 Å². The van der Waals surface area contributed by atoms with Crippen LogP contribution >= 0.6 is 0 Å². The predicted molar refractivity (Wildman–Crippen MR) is 65.7 cm³/mol. The Bertz CT molecular complexity index is 473. The van der Waals surface area contributed by atoms with Gasteiger partial charge < -0.3 is 10.5 Å². The highest BCUT2D eigenvalue weighted by Gasteiger charge is 2.14. The maximum atomic E-state index is 6.12. The summed E-state index contributed by atoms with van der Waals surface area (Å²) >= 11 is 0. The zero-order valence-electron chi connectivity index (χ0n) is 9.71. The lowest BCUT2D eigenvalue weighted by molar-refractivity contribution is 0.384. The van der Waals surface area contributed by atoms with E-state index in [0.717, 1.165) is 6.42 Å². The minimum absolute atomic E-state index is 0.207. The molecule has 88 valence electrons. The Morgan fingerprint density at radius 2 is 1.88 bits per heavy atom. The third-order valence-corrected chi connectivity index (χ3v) is 2.53. The molecule has 1 aromatic carbocycles. The van der Waals surface area contributed by atoms with Crippen LogP contribution in [0.25, 0.3) is 0 Å². The van der Waals surface area contributed by atoms with Crippen LogP contribution in [0.15, 0.2) is 42.7 Å². The number of aromatic nitrogens is 2. The molecule has 0 saturated carbocycles. The van der Waals surface area contributed by atoms with Gasteiger partial charge in [0, 0.05) is 12.4 Å². The van der Waals surface area contributed by atoms with E-state index in [2.05, 4.69) is 9.97 Å². The fourth-order valence-electron chi connectivity index (χ4n) is 1.71. The quantitative estimate of drug-likeness (QED) is 0.867. The SMILES string of the molecule is COc1nccnc1C(N)Cc1ccccc1. The Hall–Kier alpha value is -1.94. The van der Waals surface area contributed by atoms with Gasteiger partial charge in [0.1, 0.15) is 5.69 Å². The lowest BCUT2D eigenvalue weighted by Gasteiger charge is -2.13. The zero-order chi connectivity index (χ0) is 12.1. The molecule has 17 heavy (non-hydrogen) atoms. The summed E-state index contributed by atoms with van der Waals surface area (Å²) < 4.78 is 5.15. The monoisotopic (exact) mass is 229 g/mol. The molecule has 0 aliphatic carbocycles. The second-order valence-corrected chi connectivity index (χ2v) is 3.75. The summed E-state index contributed by atoms with van der Waals surface area (Å²) in [5.41, 5.74) is 7.99. The second-order valence-electron chi connectivity index (χ2n) is 3.75. The van der Waals surface area contributed by atoms with Crippen LogP contribution in [0.5, 0.6) is 5.88 Å². The van der Waals surface area contributed by atoms with Crippen LogP contribution in [0.4, 0.5) is 0 Å². The standard InChI is InChI=1S/C13H15N3O/c1-17-13-12(15-7-8-16-13)11(14)9-10-5-3-2-4-6-10/h2-8,11H,9,14H2,1H3. The molecule has 0 aliphatic rings. The van der Waals surface area contributed by atoms with Crippen molar-refractivity contribution in [3.05, 3.63) is 54.0 Å². The van der Waals surface area contributed by atoms with Gasteiger partial charge in [-0.15, -0.1) is 0 Å². The van der Waals surface area contributed by atoms with Crippen LogP contribution in [-0.4, -0.2) is 17.1 Å². The van der Waals surface area contributed by atoms with Crippen LogP contribution in [0.2, 0.25) is 0 Å². The molecule has 4 heteroatoms. The van der Waals surface area contributed by atoms with Gasteiger partial charge in [-0.1, -0.05) is 30.3 Å². The van der Waals surface area contributed by atoms with E-state index in [-0.39, 0.29) is 6.04 Å². The molecule has 2 aromatic rings. The van der Waals surface area contributed by atoms with Crippen LogP contribution in [-0.2, 0) is 6.42 Å². The highest BCUT2D eigenvalue weighted by Crippen LogP contribution is 2.20. The Kier molecular flexibility index (Phi) is 3.67. The van der Waals surface area contributed by atoms with Gasteiger partial charge in [0.25, 0.3) is 0 Å². The van der Waals surface area contributed by atoms with Gasteiger partial charge >= 0.3 is 0 Å². The average Bonchev–Trinajstić information content (AvgIpc) is 2.40. The molecule has 1 unspecified atom stereocenters. The average molecular weight is 229 g/mol. The summed E-state index contributed by atoms with van der Waals surface area (Å²) in [4.78, 5) is 8.33. The number of nitrogens with two attached hydrogens (primary N) is 1. The molecule has 1 atom stereocenters. The van der Waals surface area contributed by atoms with Crippen molar-refractivity contribution in [3.63, 3.8) is 0 Å². The first kappa shape index (κ1) is 11.5. The van der Waals surface area contributed by atoms with E-state index in [1.54, 1.807) is 19.5 Å². The van der Waals surface area contributed by atoms with Gasteiger partial charge in [0.2, 0.25) is 5.88 Å². The summed E-state index contributed by atoms with van der Waals surface area (Å²) in [5.74, 6) is 0.496. The zero-order valence-corrected chi connectivity index (χ0v) is 9.71. The van der Waals surface area contributed by atoms with Crippen molar-refractivity contribution in [2.45, 2.75) is 12.5 Å². The topological polar surface area (TPSA) is 61.0 Å². The van der Waals surface area contributed by atoms with E-state index in [4.69, 9.17) is 10.5 Å². The molecule has 0 bridgehead atoms. The third kappa shape index (κ3) is 2.79. The number of methoxy groups -OCH3 is 1. The number of nitrogens with zero attached hydrogens (tertiary/aromatic N) is 2. The lowest BCUT2D eigenvalue weighted by Crippen LogP contribution is -2.16. The molecule has 2 rings (SSSR count). The van der Waals surface area contributed by atoms with Gasteiger partial charge in [-0.05, 0) is 12.0 Å². The molecular formula is C13H15N3O. The highest BCUT2D eigenvalue weighted by atomic mass is 16.5. The van der Waals surface area contributed by atoms with Crippen molar-refractivity contribution in [1.29, 1.82) is 0 Å². The van der Waals surface area contributed by atoms with E-state index in [1.807, 2.05) is 30.3 Å². The second kappa shape index (κ2) is 5.41. The summed E-state index contributed by atoms with van der Waals surface area (Å²) in [6.07, 6.45) is 3.94. The van der Waals surface area contributed by atoms with E-state index in [9.17, 15) is 0 Å². The number of ether oxygens (including phenoxy) is 1. The minimum atomic E-state index is -0.207. The van der Waals surface area contributed by atoms with Crippen molar-refractivity contribution >= 4 is 0 Å². The number of hydrogen-bond acceptors (Lipinski definition) is 4. The number of hydrogen-bond donors (Lipinski definition) is 1. The summed E-state index contributed by atoms with van der Waals surface area (Å²) in [5, 5.41) is 0. The summed E-state index contributed by atoms with van der Waals surface area (Å²) in [7, 11) is 1.57. The van der Waals surface area contributed by atoms with E-state index < -0.39 is 0 Å². The maximum absolute atomic E-state index is 6.12. The van der Waals surface area contributed by atoms with Crippen molar-refractivity contribution in [2.24, 2.45) is 5.73 Å². The molecule has 0 saturated heterocycles. The van der Waals surface area contributed by atoms with E-state index in [1.165, 1.54) is 5.56 Å². The molecule has 0 amide bonds. The van der Waals surface area contributed by atoms with Crippen LogP contribution < -0.4 is 10.5 Å². The molecule has 1 heterocycles. The molecule has 0 fully saturated rings. The van der Waals surface area contributed by atoms with Crippen LogP contribution in [0.1, 0.15) is 17.3 Å². The first-order chi connectivity index (χ1) is 8.31. The van der Waals surface area contributed by atoms with Crippen molar-refractivity contribution in [1.82, 2.24) is 9.97 Å². The Morgan fingerprint density at radius 1 is 1.18 bits per heavy atom. The van der Waals surface area contributed by atoms with Gasteiger partial charge in [-0.2, -0.15) is 0 Å². The molecule has 0 spiro atoms. The fraction of sp³-hybridized carbons (Fsp3) is 0.231. The molecule has 4 nitrogen and oxygen atoms in total. The third-order valence-electron chi connectivity index (χ3n) is 2.53.